The first-order valence-corrected chi connectivity index (χ1v) is 7.64. The van der Waals surface area contributed by atoms with E-state index in [9.17, 15) is 4.79 Å². The van der Waals surface area contributed by atoms with Crippen molar-refractivity contribution in [2.75, 3.05) is 20.2 Å². The van der Waals surface area contributed by atoms with Crippen LogP contribution in [0.1, 0.15) is 32.3 Å². The Hall–Kier alpha value is -1.61. The number of rotatable bonds is 8. The third-order valence-electron chi connectivity index (χ3n) is 4.40. The number of benzene rings is 1. The molecule has 0 saturated carbocycles. The van der Waals surface area contributed by atoms with Gasteiger partial charge in [0.25, 0.3) is 0 Å². The Bertz CT molecular complexity index is 507. The number of hydrogen-bond donors (Lipinski definition) is 0. The van der Waals surface area contributed by atoms with E-state index < -0.39 is 0 Å². The van der Waals surface area contributed by atoms with Crippen LogP contribution in [0.2, 0.25) is 0 Å². The summed E-state index contributed by atoms with van der Waals surface area (Å²) in [5.41, 5.74) is 4.42. The van der Waals surface area contributed by atoms with Gasteiger partial charge in [-0.25, -0.2) is 0 Å². The van der Waals surface area contributed by atoms with Gasteiger partial charge in [-0.3, -0.25) is 9.69 Å². The van der Waals surface area contributed by atoms with Crippen LogP contribution in [0.4, 0.5) is 0 Å². The third-order valence-corrected chi connectivity index (χ3v) is 4.40. The predicted molar refractivity (Wildman–Crippen MR) is 84.8 cm³/mol. The SMILES string of the molecule is COC(=O)CCN(CCC1=C(C)C1C)Cc1ccccc1. The number of carbonyl (C=O) groups is 1. The van der Waals surface area contributed by atoms with Gasteiger partial charge in [0.2, 0.25) is 0 Å². The fourth-order valence-corrected chi connectivity index (χ4v) is 2.71. The van der Waals surface area contributed by atoms with Crippen molar-refractivity contribution in [1.82, 2.24) is 4.90 Å². The highest BCUT2D eigenvalue weighted by Gasteiger charge is 2.27. The maximum atomic E-state index is 11.4. The number of nitrogens with zero attached hydrogens (tertiary/aromatic N) is 1. The number of ether oxygens (including phenoxy) is 1. The summed E-state index contributed by atoms with van der Waals surface area (Å²) in [5.74, 6) is 0.562. The summed E-state index contributed by atoms with van der Waals surface area (Å²) in [6, 6.07) is 10.4. The first-order chi connectivity index (χ1) is 10.1. The molecular weight excluding hydrogens is 262 g/mol. The quantitative estimate of drug-likeness (QED) is 0.542. The summed E-state index contributed by atoms with van der Waals surface area (Å²) in [5, 5.41) is 0. The number of hydrogen-bond acceptors (Lipinski definition) is 3. The van der Waals surface area contributed by atoms with E-state index in [0.29, 0.717) is 12.3 Å². The molecule has 0 fully saturated rings. The third kappa shape index (κ3) is 4.71. The summed E-state index contributed by atoms with van der Waals surface area (Å²) >= 11 is 0. The Kier molecular flexibility index (Phi) is 5.57. The van der Waals surface area contributed by atoms with Crippen molar-refractivity contribution in [2.45, 2.75) is 33.2 Å². The summed E-state index contributed by atoms with van der Waals surface area (Å²) in [6.07, 6.45) is 1.57. The molecule has 0 aromatic heterocycles. The highest BCUT2D eigenvalue weighted by molar-refractivity contribution is 5.69. The molecule has 0 saturated heterocycles. The van der Waals surface area contributed by atoms with Gasteiger partial charge in [0.1, 0.15) is 0 Å². The zero-order chi connectivity index (χ0) is 15.2. The molecule has 0 aliphatic heterocycles. The van der Waals surface area contributed by atoms with E-state index in [1.54, 1.807) is 11.1 Å². The average Bonchev–Trinajstić information content (AvgIpc) is 3.08. The molecule has 3 nitrogen and oxygen atoms in total. The van der Waals surface area contributed by atoms with Gasteiger partial charge in [-0.2, -0.15) is 0 Å². The molecule has 2 rings (SSSR count). The van der Waals surface area contributed by atoms with Crippen LogP contribution in [0.5, 0.6) is 0 Å². The molecule has 1 aromatic carbocycles. The molecule has 0 bridgehead atoms. The van der Waals surface area contributed by atoms with Crippen molar-refractivity contribution in [3.63, 3.8) is 0 Å². The van der Waals surface area contributed by atoms with Gasteiger partial charge in [0.15, 0.2) is 0 Å². The van der Waals surface area contributed by atoms with E-state index >= 15 is 0 Å². The van der Waals surface area contributed by atoms with E-state index in [4.69, 9.17) is 4.74 Å². The molecule has 1 aromatic rings. The molecule has 21 heavy (non-hydrogen) atoms. The monoisotopic (exact) mass is 287 g/mol. The minimum absolute atomic E-state index is 0.136. The van der Waals surface area contributed by atoms with Crippen LogP contribution >= 0.6 is 0 Å². The molecular formula is C18H25NO2. The van der Waals surface area contributed by atoms with Crippen LogP contribution in [0.3, 0.4) is 0 Å². The number of carbonyl (C=O) groups excluding carboxylic acids is 1. The van der Waals surface area contributed by atoms with Crippen LogP contribution in [-0.2, 0) is 16.1 Å². The largest absolute Gasteiger partial charge is 0.469 e. The molecule has 3 heteroatoms. The lowest BCUT2D eigenvalue weighted by Gasteiger charge is -2.21. The van der Waals surface area contributed by atoms with Gasteiger partial charge in [0.05, 0.1) is 13.5 Å². The molecule has 0 N–H and O–H groups in total. The molecule has 1 unspecified atom stereocenters. The van der Waals surface area contributed by atoms with E-state index in [1.165, 1.54) is 12.7 Å². The van der Waals surface area contributed by atoms with E-state index in [-0.39, 0.29) is 5.97 Å². The molecule has 0 radical (unpaired) electrons. The lowest BCUT2D eigenvalue weighted by atomic mass is 10.2. The fourth-order valence-electron chi connectivity index (χ4n) is 2.71. The van der Waals surface area contributed by atoms with E-state index in [1.807, 2.05) is 6.07 Å². The van der Waals surface area contributed by atoms with Crippen molar-refractivity contribution in [3.8, 4) is 0 Å². The van der Waals surface area contributed by atoms with E-state index in [2.05, 4.69) is 43.0 Å². The minimum Gasteiger partial charge on any atom is -0.469 e. The Morgan fingerprint density at radius 3 is 2.48 bits per heavy atom. The highest BCUT2D eigenvalue weighted by Crippen LogP contribution is 2.40. The molecule has 1 aliphatic carbocycles. The maximum Gasteiger partial charge on any atom is 0.306 e. The standard InChI is InChI=1S/C18H25NO2/c1-14-15(2)17(14)9-11-19(12-10-18(20)21-3)13-16-7-5-4-6-8-16/h4-8,14H,9-13H2,1-3H3. The van der Waals surface area contributed by atoms with Gasteiger partial charge in [-0.1, -0.05) is 48.4 Å². The fraction of sp³-hybridized carbons (Fsp3) is 0.500. The number of methoxy groups -OCH3 is 1. The molecule has 0 spiro atoms. The zero-order valence-corrected chi connectivity index (χ0v) is 13.3. The topological polar surface area (TPSA) is 29.5 Å². The first kappa shape index (κ1) is 15.8. The Labute approximate surface area is 127 Å². The second kappa shape index (κ2) is 7.41. The van der Waals surface area contributed by atoms with Gasteiger partial charge in [0, 0.05) is 19.6 Å². The molecule has 114 valence electrons. The van der Waals surface area contributed by atoms with Crippen molar-refractivity contribution < 1.29 is 9.53 Å². The summed E-state index contributed by atoms with van der Waals surface area (Å²) in [7, 11) is 1.45. The lowest BCUT2D eigenvalue weighted by molar-refractivity contribution is -0.141. The zero-order valence-electron chi connectivity index (χ0n) is 13.3. The smallest absolute Gasteiger partial charge is 0.306 e. The van der Waals surface area contributed by atoms with Crippen LogP contribution in [0, 0.1) is 5.92 Å². The van der Waals surface area contributed by atoms with Crippen LogP contribution in [0.25, 0.3) is 0 Å². The molecule has 0 heterocycles. The first-order valence-electron chi connectivity index (χ1n) is 7.64. The van der Waals surface area contributed by atoms with Crippen molar-refractivity contribution in [1.29, 1.82) is 0 Å². The second-order valence-electron chi connectivity index (χ2n) is 5.77. The average molecular weight is 287 g/mol. The Morgan fingerprint density at radius 1 is 1.24 bits per heavy atom. The predicted octanol–water partition coefficient (Wildman–Crippen LogP) is 3.41. The lowest BCUT2D eigenvalue weighted by Crippen LogP contribution is -2.27. The summed E-state index contributed by atoms with van der Waals surface area (Å²) < 4.78 is 4.75. The number of allylic oxidation sites excluding steroid dienone is 1. The molecule has 1 aliphatic rings. The van der Waals surface area contributed by atoms with Crippen LogP contribution < -0.4 is 0 Å². The second-order valence-corrected chi connectivity index (χ2v) is 5.77. The van der Waals surface area contributed by atoms with Crippen molar-refractivity contribution in [2.24, 2.45) is 5.92 Å². The maximum absolute atomic E-state index is 11.4. The molecule has 1 atom stereocenters. The van der Waals surface area contributed by atoms with Gasteiger partial charge in [-0.05, 0) is 24.8 Å². The minimum atomic E-state index is -0.136. The Balaban J connectivity index is 1.88. The van der Waals surface area contributed by atoms with Gasteiger partial charge in [-0.15, -0.1) is 0 Å². The van der Waals surface area contributed by atoms with Crippen LogP contribution in [-0.4, -0.2) is 31.1 Å². The van der Waals surface area contributed by atoms with Crippen molar-refractivity contribution in [3.05, 3.63) is 47.0 Å². The van der Waals surface area contributed by atoms with Crippen molar-refractivity contribution >= 4 is 5.97 Å². The normalized spacial score (nSPS) is 17.2. The van der Waals surface area contributed by atoms with Crippen LogP contribution in [0.15, 0.2) is 41.5 Å². The van der Waals surface area contributed by atoms with Gasteiger partial charge < -0.3 is 4.74 Å². The summed E-state index contributed by atoms with van der Waals surface area (Å²) in [6.45, 7) is 7.13. The highest BCUT2D eigenvalue weighted by atomic mass is 16.5. The summed E-state index contributed by atoms with van der Waals surface area (Å²) in [4.78, 5) is 13.7. The number of esters is 1. The Morgan fingerprint density at radius 2 is 1.90 bits per heavy atom. The van der Waals surface area contributed by atoms with Gasteiger partial charge >= 0.3 is 5.97 Å². The van der Waals surface area contributed by atoms with E-state index in [0.717, 1.165) is 26.1 Å². The molecule has 0 amide bonds.